The number of hydrogen-bond acceptors (Lipinski definition) is 5. The lowest BCUT2D eigenvalue weighted by Crippen LogP contribution is -2.33. The van der Waals surface area contributed by atoms with Crippen LogP contribution in [-0.4, -0.2) is 34.1 Å². The minimum absolute atomic E-state index is 0.144. The normalized spacial score (nSPS) is 15.4. The number of halogens is 1. The summed E-state index contributed by atoms with van der Waals surface area (Å²) in [6, 6.07) is 7.10. The molecule has 112 valence electrons. The number of H-pyrrole nitrogens is 1. The molecule has 22 heavy (non-hydrogen) atoms. The van der Waals surface area contributed by atoms with E-state index >= 15 is 0 Å². The molecule has 2 heterocycles. The van der Waals surface area contributed by atoms with Crippen LogP contribution in [0, 0.1) is 6.92 Å². The summed E-state index contributed by atoms with van der Waals surface area (Å²) >= 11 is 3.36. The summed E-state index contributed by atoms with van der Waals surface area (Å²) in [5.74, 6) is -0.663. The van der Waals surface area contributed by atoms with Crippen molar-refractivity contribution in [1.29, 1.82) is 0 Å². The van der Waals surface area contributed by atoms with Gasteiger partial charge in [-0.3, -0.25) is 14.7 Å². The van der Waals surface area contributed by atoms with Crippen LogP contribution < -0.4 is 10.7 Å². The summed E-state index contributed by atoms with van der Waals surface area (Å²) in [4.78, 5) is 24.0. The number of carbonyl (C=O) groups excluding carboxylic acids is 2. The summed E-state index contributed by atoms with van der Waals surface area (Å²) in [5, 5.41) is 13.5. The van der Waals surface area contributed by atoms with Crippen molar-refractivity contribution in [1.82, 2.24) is 15.6 Å². The molecule has 0 fully saturated rings. The van der Waals surface area contributed by atoms with Crippen LogP contribution >= 0.6 is 15.9 Å². The fraction of sp³-hybridized carbons (Fsp3) is 0.143. The second-order valence-electron chi connectivity index (χ2n) is 4.80. The molecule has 3 rings (SSSR count). The van der Waals surface area contributed by atoms with Crippen molar-refractivity contribution < 1.29 is 9.59 Å². The van der Waals surface area contributed by atoms with Crippen molar-refractivity contribution in [3.8, 4) is 0 Å². The predicted molar refractivity (Wildman–Crippen MR) is 85.0 cm³/mol. The summed E-state index contributed by atoms with van der Waals surface area (Å²) in [6.45, 7) is 1.94. The summed E-state index contributed by atoms with van der Waals surface area (Å²) in [7, 11) is 0. The number of aromatic amines is 1. The van der Waals surface area contributed by atoms with Gasteiger partial charge >= 0.3 is 0 Å². The maximum Gasteiger partial charge on any atom is 0.291 e. The largest absolute Gasteiger partial charge is 0.377 e. The van der Waals surface area contributed by atoms with Gasteiger partial charge in [0.2, 0.25) is 5.78 Å². The van der Waals surface area contributed by atoms with Gasteiger partial charge in [-0.05, 0) is 31.2 Å². The molecule has 0 radical (unpaired) electrons. The first kappa shape index (κ1) is 14.5. The van der Waals surface area contributed by atoms with E-state index in [-0.39, 0.29) is 23.7 Å². The van der Waals surface area contributed by atoms with Crippen LogP contribution in [0.1, 0.15) is 21.7 Å². The number of carbonyl (C=O) groups is 2. The zero-order chi connectivity index (χ0) is 15.7. The van der Waals surface area contributed by atoms with Crippen molar-refractivity contribution in [3.05, 3.63) is 45.7 Å². The molecule has 8 heteroatoms. The third-order valence-electron chi connectivity index (χ3n) is 3.15. The molecule has 1 amide bonds. The molecular formula is C14H12BrN5O2. The third kappa shape index (κ3) is 2.77. The summed E-state index contributed by atoms with van der Waals surface area (Å²) < 4.78 is 0.824. The highest BCUT2D eigenvalue weighted by Gasteiger charge is 2.23. The molecule has 0 bridgehead atoms. The van der Waals surface area contributed by atoms with Gasteiger partial charge in [0.25, 0.3) is 5.91 Å². The monoisotopic (exact) mass is 361 g/mol. The summed E-state index contributed by atoms with van der Waals surface area (Å²) in [5.41, 5.74) is 5.02. The topological polar surface area (TPSA) is 99.2 Å². The highest BCUT2D eigenvalue weighted by Crippen LogP contribution is 2.24. The van der Waals surface area contributed by atoms with Crippen molar-refractivity contribution in [2.24, 2.45) is 5.10 Å². The number of aromatic nitrogens is 2. The first-order valence-corrected chi connectivity index (χ1v) is 7.31. The fourth-order valence-electron chi connectivity index (χ4n) is 2.10. The molecular weight excluding hydrogens is 350 g/mol. The number of ketones is 1. The van der Waals surface area contributed by atoms with E-state index in [1.54, 1.807) is 19.1 Å². The van der Waals surface area contributed by atoms with Crippen LogP contribution in [-0.2, 0) is 4.79 Å². The summed E-state index contributed by atoms with van der Waals surface area (Å²) in [6.07, 6.45) is 0. The van der Waals surface area contributed by atoms with E-state index in [2.05, 4.69) is 42.0 Å². The van der Waals surface area contributed by atoms with Crippen molar-refractivity contribution in [2.45, 2.75) is 6.92 Å². The number of anilines is 1. The Morgan fingerprint density at radius 3 is 2.95 bits per heavy atom. The average Bonchev–Trinajstić information content (AvgIpc) is 2.92. The molecule has 2 aromatic rings. The van der Waals surface area contributed by atoms with Crippen LogP contribution in [0.2, 0.25) is 0 Å². The van der Waals surface area contributed by atoms with E-state index in [1.807, 2.05) is 12.1 Å². The van der Waals surface area contributed by atoms with Crippen LogP contribution in [0.25, 0.3) is 0 Å². The van der Waals surface area contributed by atoms with Gasteiger partial charge in [0.05, 0.1) is 6.54 Å². The molecule has 3 N–H and O–H groups in total. The molecule has 1 aromatic carbocycles. The highest BCUT2D eigenvalue weighted by atomic mass is 79.9. The minimum atomic E-state index is -0.472. The molecule has 0 unspecified atom stereocenters. The molecule has 0 spiro atoms. The Bertz CT molecular complexity index is 796. The number of rotatable bonds is 2. The van der Waals surface area contributed by atoms with Crippen LogP contribution in [0.5, 0.6) is 0 Å². The van der Waals surface area contributed by atoms with Crippen molar-refractivity contribution >= 4 is 39.0 Å². The van der Waals surface area contributed by atoms with Gasteiger partial charge in [0.15, 0.2) is 5.69 Å². The second kappa shape index (κ2) is 5.72. The van der Waals surface area contributed by atoms with Gasteiger partial charge in [0, 0.05) is 21.4 Å². The first-order valence-electron chi connectivity index (χ1n) is 6.51. The lowest BCUT2D eigenvalue weighted by molar-refractivity contribution is -0.111. The number of benzene rings is 1. The molecule has 0 aliphatic carbocycles. The van der Waals surface area contributed by atoms with Crippen LogP contribution in [0.3, 0.4) is 0 Å². The van der Waals surface area contributed by atoms with Crippen molar-refractivity contribution in [3.63, 3.8) is 0 Å². The van der Waals surface area contributed by atoms with Gasteiger partial charge in [-0.2, -0.15) is 10.2 Å². The molecule has 1 aliphatic heterocycles. The quantitative estimate of drug-likeness (QED) is 0.707. The number of fused-ring (bicyclic) bond motifs is 1. The van der Waals surface area contributed by atoms with Gasteiger partial charge in [0.1, 0.15) is 5.71 Å². The van der Waals surface area contributed by atoms with Gasteiger partial charge in [-0.25, -0.2) is 5.43 Å². The van der Waals surface area contributed by atoms with Gasteiger partial charge in [-0.15, -0.1) is 0 Å². The molecule has 7 nitrogen and oxygen atoms in total. The lowest BCUT2D eigenvalue weighted by Gasteiger charge is -2.18. The molecule has 0 atom stereocenters. The number of nitrogens with zero attached hydrogens (tertiary/aromatic N) is 2. The molecule has 1 aromatic heterocycles. The molecule has 0 saturated carbocycles. The van der Waals surface area contributed by atoms with Crippen molar-refractivity contribution in [2.75, 3.05) is 11.9 Å². The van der Waals surface area contributed by atoms with E-state index < -0.39 is 5.91 Å². The van der Waals surface area contributed by atoms with E-state index in [0.717, 1.165) is 15.9 Å². The molecule has 1 aliphatic rings. The average molecular weight is 362 g/mol. The Morgan fingerprint density at radius 2 is 2.23 bits per heavy atom. The van der Waals surface area contributed by atoms with E-state index in [4.69, 9.17) is 0 Å². The Labute approximate surface area is 134 Å². The van der Waals surface area contributed by atoms with Crippen LogP contribution in [0.4, 0.5) is 5.69 Å². The third-order valence-corrected chi connectivity index (χ3v) is 3.64. The SMILES string of the molecule is Cc1cc(C(=O)N/N=C2\C(=O)CNc3ccc(Br)cc32)n[nH]1. The zero-order valence-corrected chi connectivity index (χ0v) is 13.2. The predicted octanol–water partition coefficient (Wildman–Crippen LogP) is 1.61. The second-order valence-corrected chi connectivity index (χ2v) is 5.72. The Kier molecular flexibility index (Phi) is 3.76. The number of nitrogens with one attached hydrogen (secondary N) is 3. The maximum atomic E-state index is 12.0. The van der Waals surface area contributed by atoms with Gasteiger partial charge in [-0.1, -0.05) is 15.9 Å². The lowest BCUT2D eigenvalue weighted by atomic mass is 10.0. The first-order chi connectivity index (χ1) is 10.5. The fourth-order valence-corrected chi connectivity index (χ4v) is 2.46. The number of amides is 1. The number of hydrogen-bond donors (Lipinski definition) is 3. The van der Waals surface area contributed by atoms with Crippen LogP contribution in [0.15, 0.2) is 33.8 Å². The standard InChI is InChI=1S/C14H12BrN5O2/c1-7-4-11(18-17-7)14(22)20-19-13-9-5-8(15)2-3-10(9)16-6-12(13)21/h2-5,16H,6H2,1H3,(H,17,18)(H,20,22)/b19-13-. The van der Waals surface area contributed by atoms with E-state index in [0.29, 0.717) is 5.56 Å². The Hall–Kier alpha value is -2.48. The Balaban J connectivity index is 1.89. The van der Waals surface area contributed by atoms with E-state index in [9.17, 15) is 9.59 Å². The maximum absolute atomic E-state index is 12.0. The number of Topliss-reactive ketones (excluding diaryl/α,β-unsaturated/α-hetero) is 1. The zero-order valence-electron chi connectivity index (χ0n) is 11.6. The highest BCUT2D eigenvalue weighted by molar-refractivity contribution is 9.10. The smallest absolute Gasteiger partial charge is 0.291 e. The molecule has 0 saturated heterocycles. The minimum Gasteiger partial charge on any atom is -0.377 e. The van der Waals surface area contributed by atoms with E-state index in [1.165, 1.54) is 0 Å². The Morgan fingerprint density at radius 1 is 1.41 bits per heavy atom. The number of aryl methyl sites for hydroxylation is 1. The van der Waals surface area contributed by atoms with Gasteiger partial charge < -0.3 is 5.32 Å². The number of hydrazone groups is 1.